The lowest BCUT2D eigenvalue weighted by atomic mass is 9.98. The zero-order chi connectivity index (χ0) is 20.4. The molecule has 1 aromatic carbocycles. The van der Waals surface area contributed by atoms with Crippen molar-refractivity contribution in [1.29, 1.82) is 0 Å². The third kappa shape index (κ3) is 3.80. The Morgan fingerprint density at radius 3 is 2.69 bits per heavy atom. The number of carbonyl (C=O) groups is 1. The van der Waals surface area contributed by atoms with E-state index in [9.17, 15) is 13.6 Å². The minimum atomic E-state index is -0.639. The molecule has 4 rings (SSSR count). The summed E-state index contributed by atoms with van der Waals surface area (Å²) >= 11 is 0. The van der Waals surface area contributed by atoms with Crippen LogP contribution in [0.2, 0.25) is 0 Å². The van der Waals surface area contributed by atoms with Crippen molar-refractivity contribution in [2.75, 3.05) is 6.54 Å². The van der Waals surface area contributed by atoms with Crippen LogP contribution in [-0.4, -0.2) is 49.5 Å². The van der Waals surface area contributed by atoms with Crippen molar-refractivity contribution in [2.24, 2.45) is 0 Å². The second-order valence-corrected chi connectivity index (χ2v) is 6.80. The fraction of sp³-hybridized carbons (Fsp3) is 0.300. The number of likely N-dealkylation sites (tertiary alicyclic amines) is 1. The molecule has 3 aromatic rings. The highest BCUT2D eigenvalue weighted by Crippen LogP contribution is 2.26. The van der Waals surface area contributed by atoms with Gasteiger partial charge < -0.3 is 9.64 Å². The van der Waals surface area contributed by atoms with Gasteiger partial charge in [-0.3, -0.25) is 4.79 Å². The summed E-state index contributed by atoms with van der Waals surface area (Å²) in [4.78, 5) is 20.0. The number of nitrogens with zero attached hydrogens (tertiary/aromatic N) is 5. The van der Waals surface area contributed by atoms with Crippen molar-refractivity contribution in [3.63, 3.8) is 0 Å². The van der Waals surface area contributed by atoms with Crippen molar-refractivity contribution in [1.82, 2.24) is 24.9 Å². The number of hydrogen-bond acceptors (Lipinski definition) is 5. The maximum atomic E-state index is 14.7. The molecule has 1 aliphatic heterocycles. The molecule has 0 saturated carbocycles. The van der Waals surface area contributed by atoms with Crippen LogP contribution in [0.5, 0.6) is 5.88 Å². The van der Waals surface area contributed by atoms with Gasteiger partial charge in [0.2, 0.25) is 5.88 Å². The highest BCUT2D eigenvalue weighted by molar-refractivity contribution is 5.98. The molecule has 0 aliphatic carbocycles. The first-order valence-corrected chi connectivity index (χ1v) is 9.29. The molecule has 0 radical (unpaired) electrons. The number of hydrogen-bond donors (Lipinski definition) is 0. The Hall–Kier alpha value is -3.36. The fourth-order valence-electron chi connectivity index (χ4n) is 3.51. The van der Waals surface area contributed by atoms with E-state index < -0.39 is 17.5 Å². The van der Waals surface area contributed by atoms with Gasteiger partial charge in [0, 0.05) is 12.6 Å². The molecule has 2 atom stereocenters. The van der Waals surface area contributed by atoms with Gasteiger partial charge in [0.05, 0.1) is 24.6 Å². The highest BCUT2D eigenvalue weighted by atomic mass is 19.1. The van der Waals surface area contributed by atoms with Crippen LogP contribution in [0.15, 0.2) is 48.9 Å². The number of ether oxygens (including phenoxy) is 1. The summed E-state index contributed by atoms with van der Waals surface area (Å²) in [6.07, 6.45) is 5.04. The highest BCUT2D eigenvalue weighted by Gasteiger charge is 2.35. The first kappa shape index (κ1) is 19.0. The Morgan fingerprint density at radius 1 is 1.17 bits per heavy atom. The number of amides is 1. The van der Waals surface area contributed by atoms with Gasteiger partial charge in [-0.05, 0) is 38.0 Å². The van der Waals surface area contributed by atoms with Gasteiger partial charge in [-0.15, -0.1) is 0 Å². The van der Waals surface area contributed by atoms with Crippen LogP contribution in [0.4, 0.5) is 8.78 Å². The molecular formula is C20H19F2N5O2. The molecule has 150 valence electrons. The van der Waals surface area contributed by atoms with E-state index in [-0.39, 0.29) is 29.3 Å². The van der Waals surface area contributed by atoms with Crippen molar-refractivity contribution >= 4 is 5.91 Å². The number of benzene rings is 1. The normalized spacial score (nSPS) is 19.2. The summed E-state index contributed by atoms with van der Waals surface area (Å²) in [7, 11) is 0. The van der Waals surface area contributed by atoms with Gasteiger partial charge in [0.15, 0.2) is 0 Å². The van der Waals surface area contributed by atoms with E-state index in [4.69, 9.17) is 4.74 Å². The summed E-state index contributed by atoms with van der Waals surface area (Å²) in [6.45, 7) is 2.31. The Morgan fingerprint density at radius 2 is 1.97 bits per heavy atom. The van der Waals surface area contributed by atoms with Crippen LogP contribution >= 0.6 is 0 Å². The van der Waals surface area contributed by atoms with Gasteiger partial charge in [0.1, 0.15) is 29.0 Å². The molecule has 7 nitrogen and oxygen atoms in total. The second-order valence-electron chi connectivity index (χ2n) is 6.80. The van der Waals surface area contributed by atoms with E-state index in [1.54, 1.807) is 11.0 Å². The van der Waals surface area contributed by atoms with Crippen LogP contribution in [-0.2, 0) is 0 Å². The molecule has 0 bridgehead atoms. The molecule has 2 aromatic heterocycles. The quantitative estimate of drug-likeness (QED) is 0.674. The third-order valence-corrected chi connectivity index (χ3v) is 4.99. The largest absolute Gasteiger partial charge is 0.472 e. The van der Waals surface area contributed by atoms with Crippen LogP contribution in [0.3, 0.4) is 0 Å². The van der Waals surface area contributed by atoms with Crippen LogP contribution in [0.1, 0.15) is 30.1 Å². The Labute approximate surface area is 165 Å². The maximum absolute atomic E-state index is 14.7. The minimum absolute atomic E-state index is 0.0869. The fourth-order valence-corrected chi connectivity index (χ4v) is 3.51. The summed E-state index contributed by atoms with van der Waals surface area (Å²) in [5.41, 5.74) is 0.187. The van der Waals surface area contributed by atoms with E-state index in [1.807, 2.05) is 6.92 Å². The number of piperidine rings is 1. The topological polar surface area (TPSA) is 73.1 Å². The van der Waals surface area contributed by atoms with Gasteiger partial charge >= 0.3 is 0 Å². The summed E-state index contributed by atoms with van der Waals surface area (Å²) in [5, 5.41) is 8.03. The lowest BCUT2D eigenvalue weighted by molar-refractivity contribution is 0.0262. The average molecular weight is 399 g/mol. The summed E-state index contributed by atoms with van der Waals surface area (Å²) in [6, 6.07) is 6.73. The predicted octanol–water partition coefficient (Wildman–Crippen LogP) is 3.01. The van der Waals surface area contributed by atoms with E-state index in [0.29, 0.717) is 19.4 Å². The SMILES string of the molecule is CC1C(Oc2ccc(F)cn2)CCCN1C(=O)c1c(F)cccc1-n1nccn1. The first-order chi connectivity index (χ1) is 14.0. The number of aromatic nitrogens is 4. The van der Waals surface area contributed by atoms with E-state index >= 15 is 0 Å². The number of pyridine rings is 1. The Bertz CT molecular complexity index is 995. The predicted molar refractivity (Wildman–Crippen MR) is 99.7 cm³/mol. The molecule has 0 spiro atoms. The second kappa shape index (κ2) is 7.94. The molecule has 1 aliphatic rings. The third-order valence-electron chi connectivity index (χ3n) is 4.99. The smallest absolute Gasteiger partial charge is 0.259 e. The molecule has 29 heavy (non-hydrogen) atoms. The van der Waals surface area contributed by atoms with Crippen molar-refractivity contribution < 1.29 is 18.3 Å². The zero-order valence-electron chi connectivity index (χ0n) is 15.7. The van der Waals surface area contributed by atoms with E-state index in [2.05, 4.69) is 15.2 Å². The molecule has 3 heterocycles. The average Bonchev–Trinajstić information content (AvgIpc) is 3.25. The molecular weight excluding hydrogens is 380 g/mol. The van der Waals surface area contributed by atoms with Crippen molar-refractivity contribution in [2.45, 2.75) is 31.9 Å². The van der Waals surface area contributed by atoms with Gasteiger partial charge in [-0.2, -0.15) is 15.0 Å². The summed E-state index contributed by atoms with van der Waals surface area (Å²) < 4.78 is 33.6. The lowest BCUT2D eigenvalue weighted by Crippen LogP contribution is -2.51. The van der Waals surface area contributed by atoms with Crippen LogP contribution in [0, 0.1) is 11.6 Å². The standard InChI is InChI=1S/C20H19F2N5O2/c1-13-17(29-18-8-7-14(21)12-23-18)6-3-11-26(13)20(28)19-15(22)4-2-5-16(19)27-24-9-10-25-27/h2,4-5,7-10,12-13,17H,3,6,11H2,1H3. The molecule has 1 amide bonds. The molecule has 1 fully saturated rings. The van der Waals surface area contributed by atoms with E-state index in [0.717, 1.165) is 6.20 Å². The molecule has 9 heteroatoms. The molecule has 2 unspecified atom stereocenters. The van der Waals surface area contributed by atoms with Crippen molar-refractivity contribution in [3.8, 4) is 11.6 Å². The maximum Gasteiger partial charge on any atom is 0.259 e. The zero-order valence-corrected chi connectivity index (χ0v) is 15.7. The number of rotatable bonds is 4. The first-order valence-electron chi connectivity index (χ1n) is 9.29. The number of halogens is 2. The molecule has 1 saturated heterocycles. The van der Waals surface area contributed by atoms with Gasteiger partial charge in [-0.1, -0.05) is 6.07 Å². The van der Waals surface area contributed by atoms with Gasteiger partial charge in [0.25, 0.3) is 5.91 Å². The van der Waals surface area contributed by atoms with Crippen LogP contribution < -0.4 is 4.74 Å². The lowest BCUT2D eigenvalue weighted by Gasteiger charge is -2.39. The monoisotopic (exact) mass is 399 g/mol. The van der Waals surface area contributed by atoms with Crippen LogP contribution in [0.25, 0.3) is 5.69 Å². The summed E-state index contributed by atoms with van der Waals surface area (Å²) in [5.74, 6) is -1.27. The molecule has 0 N–H and O–H groups in total. The minimum Gasteiger partial charge on any atom is -0.472 e. The van der Waals surface area contributed by atoms with Crippen molar-refractivity contribution in [3.05, 3.63) is 66.1 Å². The van der Waals surface area contributed by atoms with E-state index in [1.165, 1.54) is 41.5 Å². The number of carbonyl (C=O) groups excluding carboxylic acids is 1. The Kier molecular flexibility index (Phi) is 5.20. The Balaban J connectivity index is 1.60. The van der Waals surface area contributed by atoms with Gasteiger partial charge in [-0.25, -0.2) is 13.8 Å².